The van der Waals surface area contributed by atoms with Gasteiger partial charge in [-0.1, -0.05) is 18.2 Å². The van der Waals surface area contributed by atoms with E-state index in [1.165, 1.54) is 15.6 Å². The second-order valence-electron chi connectivity index (χ2n) is 5.16. The number of likely N-dealkylation sites (N-methyl/N-ethyl adjacent to an activating group) is 1. The summed E-state index contributed by atoms with van der Waals surface area (Å²) in [6, 6.07) is 8.26. The molecule has 0 unspecified atom stereocenters. The number of nitrogens with zero attached hydrogens (tertiary/aromatic N) is 2. The normalized spacial score (nSPS) is 11.6. The summed E-state index contributed by atoms with van der Waals surface area (Å²) in [5, 5.41) is 12.4. The Kier molecular flexibility index (Phi) is 5.11. The molecule has 1 aromatic heterocycles. The molecule has 0 amide bonds. The number of carboxylic acid groups (broad SMARTS) is 1. The van der Waals surface area contributed by atoms with Gasteiger partial charge in [0.1, 0.15) is 0 Å². The van der Waals surface area contributed by atoms with Crippen LogP contribution in [0, 0.1) is 0 Å². The van der Waals surface area contributed by atoms with Gasteiger partial charge in [-0.15, -0.1) is 11.3 Å². The van der Waals surface area contributed by atoms with Crippen molar-refractivity contribution in [3.05, 3.63) is 35.2 Å². The summed E-state index contributed by atoms with van der Waals surface area (Å²) in [4.78, 5) is 15.0. The maximum absolute atomic E-state index is 11.0. The predicted molar refractivity (Wildman–Crippen MR) is 83.3 cm³/mol. The number of hydrogen-bond donors (Lipinski definition) is 1. The van der Waals surface area contributed by atoms with Crippen LogP contribution in [0.3, 0.4) is 0 Å². The number of carbonyl (C=O) groups is 1. The van der Waals surface area contributed by atoms with E-state index in [1.807, 2.05) is 31.1 Å². The lowest BCUT2D eigenvalue weighted by atomic mass is 10.1. The summed E-state index contributed by atoms with van der Waals surface area (Å²) in [7, 11) is 4.00. The number of rotatable bonds is 7. The van der Waals surface area contributed by atoms with Crippen LogP contribution in [-0.2, 0) is 11.3 Å². The Morgan fingerprint density at radius 1 is 1.25 bits per heavy atom. The van der Waals surface area contributed by atoms with Gasteiger partial charge in [0.2, 0.25) is 0 Å². The molecule has 2 rings (SSSR count). The first-order chi connectivity index (χ1) is 9.56. The lowest BCUT2D eigenvalue weighted by Gasteiger charge is -2.22. The topological polar surface area (TPSA) is 43.8 Å². The Labute approximate surface area is 123 Å². The average molecular weight is 292 g/mol. The molecular weight excluding hydrogens is 272 g/mol. The molecule has 2 aromatic rings. The number of hydrogen-bond acceptors (Lipinski definition) is 4. The van der Waals surface area contributed by atoms with Crippen molar-refractivity contribution in [2.24, 2.45) is 0 Å². The standard InChI is InChI=1S/C15H20N2O2S/c1-16(2)7-8-17(10-15(18)19)9-12-11-20-14-6-4-3-5-13(12)14/h3-6,11H,7-10H2,1-2H3,(H,18,19). The van der Waals surface area contributed by atoms with Gasteiger partial charge in [0.05, 0.1) is 6.54 Å². The van der Waals surface area contributed by atoms with Crippen LogP contribution in [0.25, 0.3) is 10.1 Å². The van der Waals surface area contributed by atoms with Gasteiger partial charge in [-0.3, -0.25) is 9.69 Å². The molecular formula is C15H20N2O2S. The zero-order valence-corrected chi connectivity index (χ0v) is 12.7. The number of aliphatic carboxylic acids is 1. The summed E-state index contributed by atoms with van der Waals surface area (Å²) in [6.45, 7) is 2.38. The fraction of sp³-hybridized carbons (Fsp3) is 0.400. The molecule has 0 aliphatic rings. The van der Waals surface area contributed by atoms with Gasteiger partial charge >= 0.3 is 5.97 Å². The van der Waals surface area contributed by atoms with E-state index in [4.69, 9.17) is 5.11 Å². The molecule has 1 heterocycles. The maximum Gasteiger partial charge on any atom is 0.317 e. The maximum atomic E-state index is 11.0. The third-order valence-electron chi connectivity index (χ3n) is 3.18. The van der Waals surface area contributed by atoms with E-state index in [1.54, 1.807) is 11.3 Å². The predicted octanol–water partition coefficient (Wildman–Crippen LogP) is 2.35. The summed E-state index contributed by atoms with van der Waals surface area (Å²) in [6.07, 6.45) is 0. The van der Waals surface area contributed by atoms with E-state index in [9.17, 15) is 4.79 Å². The van der Waals surface area contributed by atoms with Crippen molar-refractivity contribution in [1.29, 1.82) is 0 Å². The fourth-order valence-corrected chi connectivity index (χ4v) is 3.10. The molecule has 0 bridgehead atoms. The molecule has 0 atom stereocenters. The SMILES string of the molecule is CN(C)CCN(CC(=O)O)Cc1csc2ccccc12. The summed E-state index contributed by atoms with van der Waals surface area (Å²) >= 11 is 1.71. The molecule has 0 saturated heterocycles. The molecule has 0 fully saturated rings. The monoisotopic (exact) mass is 292 g/mol. The van der Waals surface area contributed by atoms with E-state index < -0.39 is 5.97 Å². The molecule has 108 valence electrons. The van der Waals surface area contributed by atoms with Crippen LogP contribution >= 0.6 is 11.3 Å². The van der Waals surface area contributed by atoms with Gasteiger partial charge in [-0.25, -0.2) is 0 Å². The Balaban J connectivity index is 2.11. The van der Waals surface area contributed by atoms with Gasteiger partial charge in [0.25, 0.3) is 0 Å². The van der Waals surface area contributed by atoms with E-state index in [0.717, 1.165) is 13.1 Å². The van der Waals surface area contributed by atoms with E-state index >= 15 is 0 Å². The fourth-order valence-electron chi connectivity index (χ4n) is 2.14. The quantitative estimate of drug-likeness (QED) is 0.851. The minimum atomic E-state index is -0.775. The molecule has 0 spiro atoms. The first-order valence-electron chi connectivity index (χ1n) is 6.60. The molecule has 0 radical (unpaired) electrons. The average Bonchev–Trinajstić information content (AvgIpc) is 2.79. The second kappa shape index (κ2) is 6.83. The lowest BCUT2D eigenvalue weighted by Crippen LogP contribution is -2.35. The molecule has 0 aliphatic carbocycles. The highest BCUT2D eigenvalue weighted by Gasteiger charge is 2.13. The van der Waals surface area contributed by atoms with E-state index in [2.05, 4.69) is 22.4 Å². The Morgan fingerprint density at radius 2 is 2.00 bits per heavy atom. The van der Waals surface area contributed by atoms with Gasteiger partial charge < -0.3 is 10.0 Å². The largest absolute Gasteiger partial charge is 0.480 e. The third kappa shape index (κ3) is 4.03. The Morgan fingerprint density at radius 3 is 2.70 bits per heavy atom. The van der Waals surface area contributed by atoms with Crippen molar-refractivity contribution >= 4 is 27.4 Å². The van der Waals surface area contributed by atoms with E-state index in [0.29, 0.717) is 6.54 Å². The highest BCUT2D eigenvalue weighted by Crippen LogP contribution is 2.26. The molecule has 0 saturated carbocycles. The number of fused-ring (bicyclic) bond motifs is 1. The van der Waals surface area contributed by atoms with Crippen LogP contribution in [0.15, 0.2) is 29.6 Å². The van der Waals surface area contributed by atoms with E-state index in [-0.39, 0.29) is 6.54 Å². The minimum absolute atomic E-state index is 0.0814. The smallest absolute Gasteiger partial charge is 0.317 e. The van der Waals surface area contributed by atoms with Crippen molar-refractivity contribution < 1.29 is 9.90 Å². The molecule has 0 aliphatic heterocycles. The summed E-state index contributed by atoms with van der Waals surface area (Å²) in [5.41, 5.74) is 1.21. The molecule has 20 heavy (non-hydrogen) atoms. The molecule has 1 N–H and O–H groups in total. The first kappa shape index (κ1) is 15.0. The zero-order valence-electron chi connectivity index (χ0n) is 11.9. The van der Waals surface area contributed by atoms with Crippen molar-refractivity contribution in [3.63, 3.8) is 0 Å². The van der Waals surface area contributed by atoms with Gasteiger partial charge in [0, 0.05) is 24.3 Å². The highest BCUT2D eigenvalue weighted by atomic mass is 32.1. The van der Waals surface area contributed by atoms with Crippen LogP contribution in [0.5, 0.6) is 0 Å². The number of carboxylic acids is 1. The third-order valence-corrected chi connectivity index (χ3v) is 4.19. The lowest BCUT2D eigenvalue weighted by molar-refractivity contribution is -0.138. The molecule has 5 heteroatoms. The Bertz CT molecular complexity index is 580. The minimum Gasteiger partial charge on any atom is -0.480 e. The van der Waals surface area contributed by atoms with Crippen LogP contribution in [0.1, 0.15) is 5.56 Å². The second-order valence-corrected chi connectivity index (χ2v) is 6.08. The zero-order chi connectivity index (χ0) is 14.5. The van der Waals surface area contributed by atoms with Crippen molar-refractivity contribution in [2.45, 2.75) is 6.54 Å². The van der Waals surface area contributed by atoms with Crippen LogP contribution in [0.4, 0.5) is 0 Å². The summed E-state index contributed by atoms with van der Waals surface area (Å²) in [5.74, 6) is -0.775. The van der Waals surface area contributed by atoms with Crippen LogP contribution in [-0.4, -0.2) is 54.6 Å². The highest BCUT2D eigenvalue weighted by molar-refractivity contribution is 7.17. The first-order valence-corrected chi connectivity index (χ1v) is 7.48. The van der Waals surface area contributed by atoms with Gasteiger partial charge in [0.15, 0.2) is 0 Å². The molecule has 1 aromatic carbocycles. The van der Waals surface area contributed by atoms with Gasteiger partial charge in [-0.05, 0) is 36.5 Å². The number of benzene rings is 1. The number of thiophene rings is 1. The van der Waals surface area contributed by atoms with Crippen LogP contribution < -0.4 is 0 Å². The van der Waals surface area contributed by atoms with Gasteiger partial charge in [-0.2, -0.15) is 0 Å². The van der Waals surface area contributed by atoms with Crippen molar-refractivity contribution in [2.75, 3.05) is 33.7 Å². The van der Waals surface area contributed by atoms with Crippen molar-refractivity contribution in [3.8, 4) is 0 Å². The summed E-state index contributed by atoms with van der Waals surface area (Å²) < 4.78 is 1.25. The van der Waals surface area contributed by atoms with Crippen LogP contribution in [0.2, 0.25) is 0 Å². The molecule has 4 nitrogen and oxygen atoms in total. The Hall–Kier alpha value is -1.43. The van der Waals surface area contributed by atoms with Crippen molar-refractivity contribution in [1.82, 2.24) is 9.80 Å².